The van der Waals surface area contributed by atoms with Crippen molar-refractivity contribution >= 4 is 17.7 Å². The van der Waals surface area contributed by atoms with Crippen LogP contribution in [0.4, 0.5) is 0 Å². The van der Waals surface area contributed by atoms with Gasteiger partial charge in [-0.1, -0.05) is 36.4 Å². The Morgan fingerprint density at radius 1 is 1.46 bits per heavy atom. The van der Waals surface area contributed by atoms with Crippen molar-refractivity contribution in [3.8, 4) is 0 Å². The molecule has 0 saturated heterocycles. The summed E-state index contributed by atoms with van der Waals surface area (Å²) in [5, 5.41) is 9.39. The Labute approximate surface area is 83.7 Å². The van der Waals surface area contributed by atoms with Gasteiger partial charge in [-0.15, -0.1) is 11.6 Å². The van der Waals surface area contributed by atoms with E-state index in [0.717, 1.165) is 11.1 Å². The average molecular weight is 197 g/mol. The van der Waals surface area contributed by atoms with Crippen molar-refractivity contribution in [1.29, 1.82) is 0 Å². The molecule has 0 fully saturated rings. The van der Waals surface area contributed by atoms with Gasteiger partial charge in [-0.05, 0) is 18.1 Å². The van der Waals surface area contributed by atoms with Crippen LogP contribution in [0.1, 0.15) is 12.5 Å². The summed E-state index contributed by atoms with van der Waals surface area (Å²) in [6, 6.07) is 9.87. The first-order chi connectivity index (χ1) is 6.24. The lowest BCUT2D eigenvalue weighted by atomic mass is 10.1. The molecular formula is C11H13ClO. The third-order valence-electron chi connectivity index (χ3n) is 1.87. The molecule has 0 aromatic heterocycles. The quantitative estimate of drug-likeness (QED) is 0.738. The maximum Gasteiger partial charge on any atom is 0.0885 e. The van der Waals surface area contributed by atoms with Gasteiger partial charge < -0.3 is 5.11 Å². The highest BCUT2D eigenvalue weighted by molar-refractivity contribution is 6.18. The number of hydrogen-bond donors (Lipinski definition) is 1. The highest BCUT2D eigenvalue weighted by atomic mass is 35.5. The van der Waals surface area contributed by atoms with Crippen LogP contribution in [0.2, 0.25) is 0 Å². The van der Waals surface area contributed by atoms with Crippen molar-refractivity contribution in [2.45, 2.75) is 13.0 Å². The highest BCUT2D eigenvalue weighted by Gasteiger charge is 2.03. The minimum atomic E-state index is -0.540. The summed E-state index contributed by atoms with van der Waals surface area (Å²) >= 11 is 5.52. The summed E-state index contributed by atoms with van der Waals surface area (Å²) < 4.78 is 0. The van der Waals surface area contributed by atoms with Gasteiger partial charge in [0.05, 0.1) is 12.0 Å². The molecule has 1 aromatic carbocycles. The van der Waals surface area contributed by atoms with Crippen LogP contribution in [0.5, 0.6) is 0 Å². The number of aliphatic hydroxyl groups excluding tert-OH is 1. The van der Waals surface area contributed by atoms with E-state index in [-0.39, 0.29) is 5.88 Å². The first kappa shape index (κ1) is 10.3. The maximum absolute atomic E-state index is 9.39. The molecular weight excluding hydrogens is 184 g/mol. The molecule has 1 N–H and O–H groups in total. The van der Waals surface area contributed by atoms with Crippen molar-refractivity contribution < 1.29 is 5.11 Å². The minimum absolute atomic E-state index is 0.245. The molecule has 1 atom stereocenters. The smallest absolute Gasteiger partial charge is 0.0885 e. The Kier molecular flexibility index (Phi) is 4.00. The number of aliphatic hydroxyl groups is 1. The van der Waals surface area contributed by atoms with E-state index in [1.54, 1.807) is 0 Å². The number of hydrogen-bond acceptors (Lipinski definition) is 1. The molecule has 1 unspecified atom stereocenters. The number of alkyl halides is 1. The summed E-state index contributed by atoms with van der Waals surface area (Å²) in [6.07, 6.45) is 1.40. The van der Waals surface area contributed by atoms with Crippen molar-refractivity contribution in [3.63, 3.8) is 0 Å². The molecule has 0 aliphatic rings. The zero-order valence-corrected chi connectivity index (χ0v) is 8.33. The van der Waals surface area contributed by atoms with Crippen LogP contribution in [0.25, 0.3) is 6.08 Å². The van der Waals surface area contributed by atoms with Crippen LogP contribution in [-0.2, 0) is 0 Å². The molecule has 0 heterocycles. The standard InChI is InChI=1S/C11H13ClO/c1-9(11(13)8-12)7-10-5-3-2-4-6-10/h2-7,11,13H,8H2,1H3/b9-7+. The molecule has 0 amide bonds. The molecule has 1 aromatic rings. The van der Waals surface area contributed by atoms with Gasteiger partial charge in [0.15, 0.2) is 0 Å². The van der Waals surface area contributed by atoms with Crippen LogP contribution in [0, 0.1) is 0 Å². The first-order valence-electron chi connectivity index (χ1n) is 4.21. The van der Waals surface area contributed by atoms with Crippen LogP contribution in [0.3, 0.4) is 0 Å². The fraction of sp³-hybridized carbons (Fsp3) is 0.273. The van der Waals surface area contributed by atoms with E-state index >= 15 is 0 Å². The van der Waals surface area contributed by atoms with Gasteiger partial charge in [-0.25, -0.2) is 0 Å². The molecule has 1 nitrogen and oxygen atoms in total. The van der Waals surface area contributed by atoms with Gasteiger partial charge in [0, 0.05) is 0 Å². The van der Waals surface area contributed by atoms with Crippen molar-refractivity contribution in [2.75, 3.05) is 5.88 Å². The molecule has 0 spiro atoms. The predicted octanol–water partition coefficient (Wildman–Crippen LogP) is 2.69. The van der Waals surface area contributed by atoms with Crippen LogP contribution in [-0.4, -0.2) is 17.1 Å². The van der Waals surface area contributed by atoms with Gasteiger partial charge in [0.1, 0.15) is 0 Å². The van der Waals surface area contributed by atoms with Gasteiger partial charge in [0.2, 0.25) is 0 Å². The van der Waals surface area contributed by atoms with Crippen molar-refractivity contribution in [2.24, 2.45) is 0 Å². The van der Waals surface area contributed by atoms with Gasteiger partial charge >= 0.3 is 0 Å². The van der Waals surface area contributed by atoms with E-state index in [1.165, 1.54) is 0 Å². The van der Waals surface area contributed by atoms with E-state index in [0.29, 0.717) is 0 Å². The molecule has 13 heavy (non-hydrogen) atoms. The number of benzene rings is 1. The summed E-state index contributed by atoms with van der Waals surface area (Å²) in [4.78, 5) is 0. The monoisotopic (exact) mass is 196 g/mol. The molecule has 70 valence electrons. The topological polar surface area (TPSA) is 20.2 Å². The molecule has 0 radical (unpaired) electrons. The first-order valence-corrected chi connectivity index (χ1v) is 4.74. The zero-order chi connectivity index (χ0) is 9.68. The fourth-order valence-electron chi connectivity index (χ4n) is 1.03. The van der Waals surface area contributed by atoms with Gasteiger partial charge in [0.25, 0.3) is 0 Å². The Bertz CT molecular complexity index is 279. The van der Waals surface area contributed by atoms with Crippen LogP contribution < -0.4 is 0 Å². The molecule has 0 saturated carbocycles. The van der Waals surface area contributed by atoms with E-state index in [4.69, 9.17) is 11.6 Å². The van der Waals surface area contributed by atoms with Crippen molar-refractivity contribution in [1.82, 2.24) is 0 Å². The third-order valence-corrected chi connectivity index (χ3v) is 2.16. The second-order valence-electron chi connectivity index (χ2n) is 2.97. The molecule has 1 rings (SSSR count). The van der Waals surface area contributed by atoms with Crippen molar-refractivity contribution in [3.05, 3.63) is 41.5 Å². The van der Waals surface area contributed by atoms with Crippen LogP contribution >= 0.6 is 11.6 Å². The van der Waals surface area contributed by atoms with Crippen LogP contribution in [0.15, 0.2) is 35.9 Å². The molecule has 0 bridgehead atoms. The normalized spacial score (nSPS) is 14.2. The summed E-state index contributed by atoms with van der Waals surface area (Å²) in [6.45, 7) is 1.88. The second kappa shape index (κ2) is 5.05. The van der Waals surface area contributed by atoms with E-state index in [9.17, 15) is 5.11 Å². The zero-order valence-electron chi connectivity index (χ0n) is 7.57. The number of rotatable bonds is 3. The Hall–Kier alpha value is -0.790. The molecule has 0 aliphatic carbocycles. The maximum atomic E-state index is 9.39. The summed E-state index contributed by atoms with van der Waals surface area (Å²) in [7, 11) is 0. The Morgan fingerprint density at radius 2 is 2.08 bits per heavy atom. The Balaban J connectivity index is 2.77. The lowest BCUT2D eigenvalue weighted by molar-refractivity contribution is 0.236. The second-order valence-corrected chi connectivity index (χ2v) is 3.28. The third kappa shape index (κ3) is 3.21. The molecule has 0 aliphatic heterocycles. The SMILES string of the molecule is C/C(=C\c1ccccc1)C(O)CCl. The Morgan fingerprint density at radius 3 is 2.62 bits per heavy atom. The summed E-state index contributed by atoms with van der Waals surface area (Å²) in [5.74, 6) is 0.245. The molecule has 2 heteroatoms. The van der Waals surface area contributed by atoms with Gasteiger partial charge in [-0.3, -0.25) is 0 Å². The minimum Gasteiger partial charge on any atom is -0.388 e. The highest BCUT2D eigenvalue weighted by Crippen LogP contribution is 2.10. The van der Waals surface area contributed by atoms with E-state index in [2.05, 4.69) is 0 Å². The van der Waals surface area contributed by atoms with E-state index < -0.39 is 6.10 Å². The largest absolute Gasteiger partial charge is 0.388 e. The van der Waals surface area contributed by atoms with Gasteiger partial charge in [-0.2, -0.15) is 0 Å². The number of halogens is 1. The van der Waals surface area contributed by atoms with E-state index in [1.807, 2.05) is 43.3 Å². The predicted molar refractivity (Wildman–Crippen MR) is 56.8 cm³/mol. The fourth-order valence-corrected chi connectivity index (χ4v) is 1.27. The summed E-state index contributed by atoms with van der Waals surface area (Å²) in [5.41, 5.74) is 1.98. The lowest BCUT2D eigenvalue weighted by Crippen LogP contribution is -2.09. The lowest BCUT2D eigenvalue weighted by Gasteiger charge is -2.06. The average Bonchev–Trinajstić information content (AvgIpc) is 2.18.